The topological polar surface area (TPSA) is 50.8 Å². The van der Waals surface area contributed by atoms with Crippen molar-refractivity contribution in [1.82, 2.24) is 10.2 Å². The van der Waals surface area contributed by atoms with Crippen LogP contribution in [0.5, 0.6) is 5.75 Å². The molecular weight excluding hydrogens is 304 g/mol. The number of nitrogens with one attached hydrogen (secondary N) is 1. The Morgan fingerprint density at radius 3 is 2.58 bits per heavy atom. The second-order valence-corrected chi connectivity index (χ2v) is 6.97. The summed E-state index contributed by atoms with van der Waals surface area (Å²) in [4.78, 5) is 15.2. The first kappa shape index (κ1) is 17.2. The number of benzene rings is 1. The summed E-state index contributed by atoms with van der Waals surface area (Å²) in [6.07, 6.45) is 2.76. The van der Waals surface area contributed by atoms with Crippen LogP contribution in [0.2, 0.25) is 0 Å². The molecule has 24 heavy (non-hydrogen) atoms. The van der Waals surface area contributed by atoms with Crippen LogP contribution < -0.4 is 10.1 Å². The van der Waals surface area contributed by atoms with Gasteiger partial charge in [0.15, 0.2) is 0 Å². The van der Waals surface area contributed by atoms with Crippen LogP contribution in [0.25, 0.3) is 0 Å². The number of ether oxygens (including phenoxy) is 2. The molecule has 3 rings (SSSR count). The van der Waals surface area contributed by atoms with Gasteiger partial charge in [-0.25, -0.2) is 0 Å². The van der Waals surface area contributed by atoms with Crippen molar-refractivity contribution in [2.45, 2.75) is 25.2 Å². The Morgan fingerprint density at radius 2 is 1.96 bits per heavy atom. The van der Waals surface area contributed by atoms with Gasteiger partial charge in [-0.3, -0.25) is 4.79 Å². The lowest BCUT2D eigenvalue weighted by atomic mass is 9.78. The molecular formula is C19H28N2O3. The zero-order valence-corrected chi connectivity index (χ0v) is 14.7. The summed E-state index contributed by atoms with van der Waals surface area (Å²) in [7, 11) is 3.38. The van der Waals surface area contributed by atoms with Crippen LogP contribution in [0.1, 0.15) is 30.7 Å². The average molecular weight is 332 g/mol. The van der Waals surface area contributed by atoms with E-state index in [9.17, 15) is 4.79 Å². The van der Waals surface area contributed by atoms with Crippen molar-refractivity contribution in [3.05, 3.63) is 29.8 Å². The van der Waals surface area contributed by atoms with Gasteiger partial charge in [-0.2, -0.15) is 0 Å². The molecule has 0 bridgehead atoms. The molecule has 132 valence electrons. The molecule has 2 fully saturated rings. The van der Waals surface area contributed by atoms with Gasteiger partial charge in [0.2, 0.25) is 5.91 Å². The number of piperidine rings is 1. The quantitative estimate of drug-likeness (QED) is 0.896. The molecule has 2 heterocycles. The van der Waals surface area contributed by atoms with Crippen molar-refractivity contribution < 1.29 is 14.3 Å². The van der Waals surface area contributed by atoms with E-state index in [0.29, 0.717) is 12.5 Å². The lowest BCUT2D eigenvalue weighted by Gasteiger charge is -2.38. The van der Waals surface area contributed by atoms with E-state index in [1.54, 1.807) is 14.2 Å². The molecule has 5 nitrogen and oxygen atoms in total. The Labute approximate surface area is 144 Å². The Balaban J connectivity index is 1.68. The summed E-state index contributed by atoms with van der Waals surface area (Å²) in [6.45, 7) is 3.96. The molecule has 0 radical (unpaired) electrons. The van der Waals surface area contributed by atoms with Crippen LogP contribution >= 0.6 is 0 Å². The summed E-state index contributed by atoms with van der Waals surface area (Å²) >= 11 is 0. The Hall–Kier alpha value is -1.59. The number of hydrogen-bond donors (Lipinski definition) is 1. The fourth-order valence-corrected chi connectivity index (χ4v) is 4.03. The number of hydrogen-bond acceptors (Lipinski definition) is 4. The fraction of sp³-hybridized carbons (Fsp3) is 0.632. The second-order valence-electron chi connectivity index (χ2n) is 6.97. The monoisotopic (exact) mass is 332 g/mol. The fourth-order valence-electron chi connectivity index (χ4n) is 4.03. The van der Waals surface area contributed by atoms with Gasteiger partial charge < -0.3 is 19.7 Å². The normalized spacial score (nSPS) is 23.2. The first-order valence-corrected chi connectivity index (χ1v) is 8.81. The van der Waals surface area contributed by atoms with Crippen LogP contribution in [-0.2, 0) is 9.53 Å². The molecule has 0 spiro atoms. The minimum Gasteiger partial charge on any atom is -0.497 e. The van der Waals surface area contributed by atoms with Crippen LogP contribution in [0.4, 0.5) is 0 Å². The largest absolute Gasteiger partial charge is 0.497 e. The molecule has 1 atom stereocenters. The van der Waals surface area contributed by atoms with Crippen LogP contribution in [-0.4, -0.2) is 57.8 Å². The molecule has 2 aliphatic heterocycles. The van der Waals surface area contributed by atoms with Gasteiger partial charge in [0.25, 0.3) is 0 Å². The molecule has 0 aliphatic carbocycles. The molecule has 1 aromatic rings. The van der Waals surface area contributed by atoms with E-state index in [-0.39, 0.29) is 11.3 Å². The first-order chi connectivity index (χ1) is 11.7. The highest BCUT2D eigenvalue weighted by Gasteiger charge is 2.43. The maximum absolute atomic E-state index is 13.2. The van der Waals surface area contributed by atoms with Crippen molar-refractivity contribution in [3.8, 4) is 5.75 Å². The van der Waals surface area contributed by atoms with Gasteiger partial charge in [0, 0.05) is 26.1 Å². The lowest BCUT2D eigenvalue weighted by Crippen LogP contribution is -2.51. The molecule has 1 unspecified atom stereocenters. The highest BCUT2D eigenvalue weighted by Crippen LogP contribution is 2.36. The van der Waals surface area contributed by atoms with Gasteiger partial charge in [0.1, 0.15) is 5.75 Å². The number of likely N-dealkylation sites (tertiary alicyclic amines) is 1. The molecule has 1 N–H and O–H groups in total. The van der Waals surface area contributed by atoms with Gasteiger partial charge >= 0.3 is 0 Å². The van der Waals surface area contributed by atoms with Gasteiger partial charge in [-0.1, -0.05) is 12.1 Å². The van der Waals surface area contributed by atoms with E-state index in [2.05, 4.69) is 22.3 Å². The highest BCUT2D eigenvalue weighted by atomic mass is 16.5. The van der Waals surface area contributed by atoms with E-state index in [4.69, 9.17) is 9.47 Å². The minimum atomic E-state index is -0.338. The molecule has 0 saturated carbocycles. The van der Waals surface area contributed by atoms with Gasteiger partial charge in [0.05, 0.1) is 19.1 Å². The average Bonchev–Trinajstić information content (AvgIpc) is 3.12. The summed E-state index contributed by atoms with van der Waals surface area (Å²) in [6, 6.07) is 8.23. The second kappa shape index (κ2) is 7.53. The Bertz CT molecular complexity index is 547. The number of carbonyl (C=O) groups excluding carboxylic acids is 1. The zero-order valence-electron chi connectivity index (χ0n) is 14.7. The number of nitrogens with zero attached hydrogens (tertiary/aromatic N) is 1. The van der Waals surface area contributed by atoms with Crippen LogP contribution in [0.15, 0.2) is 24.3 Å². The first-order valence-electron chi connectivity index (χ1n) is 8.81. The van der Waals surface area contributed by atoms with Crippen molar-refractivity contribution in [3.63, 3.8) is 0 Å². The maximum atomic E-state index is 13.2. The van der Waals surface area contributed by atoms with E-state index >= 15 is 0 Å². The number of carbonyl (C=O) groups is 1. The Kier molecular flexibility index (Phi) is 5.41. The van der Waals surface area contributed by atoms with Crippen molar-refractivity contribution >= 4 is 5.91 Å². The summed E-state index contributed by atoms with van der Waals surface area (Å²) < 4.78 is 10.6. The predicted molar refractivity (Wildman–Crippen MR) is 93.3 cm³/mol. The number of rotatable bonds is 5. The van der Waals surface area contributed by atoms with Crippen molar-refractivity contribution in [1.29, 1.82) is 0 Å². The molecule has 2 aliphatic rings. The van der Waals surface area contributed by atoms with E-state index in [0.717, 1.165) is 51.2 Å². The molecule has 2 saturated heterocycles. The molecule has 1 amide bonds. The molecule has 0 aromatic heterocycles. The number of methoxy groups -OCH3 is 2. The summed E-state index contributed by atoms with van der Waals surface area (Å²) in [5, 5.41) is 3.35. The smallest absolute Gasteiger partial charge is 0.231 e. The third-order valence-electron chi connectivity index (χ3n) is 5.50. The molecule has 1 aromatic carbocycles. The SMILES string of the molecule is COCC1(C(=O)N2CCC(c3ccc(OC)cc3)C2)CCNCC1. The summed E-state index contributed by atoms with van der Waals surface area (Å²) in [5.74, 6) is 1.57. The minimum absolute atomic E-state index is 0.280. The highest BCUT2D eigenvalue weighted by molar-refractivity contribution is 5.83. The molecule has 5 heteroatoms. The third kappa shape index (κ3) is 3.42. The standard InChI is InChI=1S/C19H28N2O3/c1-23-14-19(8-10-20-11-9-19)18(22)21-12-7-16(13-21)15-3-5-17(24-2)6-4-15/h3-6,16,20H,7-14H2,1-2H3. The summed E-state index contributed by atoms with van der Waals surface area (Å²) in [5.41, 5.74) is 0.951. The lowest BCUT2D eigenvalue weighted by molar-refractivity contribution is -0.146. The van der Waals surface area contributed by atoms with Crippen molar-refractivity contribution in [2.24, 2.45) is 5.41 Å². The third-order valence-corrected chi connectivity index (χ3v) is 5.50. The number of amides is 1. The zero-order chi connectivity index (χ0) is 17.0. The van der Waals surface area contributed by atoms with E-state index in [1.165, 1.54) is 5.56 Å². The maximum Gasteiger partial charge on any atom is 0.231 e. The predicted octanol–water partition coefficient (Wildman–Crippen LogP) is 2.03. The van der Waals surface area contributed by atoms with E-state index < -0.39 is 0 Å². The van der Waals surface area contributed by atoms with Crippen LogP contribution in [0, 0.1) is 5.41 Å². The van der Waals surface area contributed by atoms with E-state index in [1.807, 2.05) is 12.1 Å². The van der Waals surface area contributed by atoms with Gasteiger partial charge in [-0.05, 0) is 50.0 Å². The van der Waals surface area contributed by atoms with Crippen molar-refractivity contribution in [2.75, 3.05) is 47.0 Å². The Morgan fingerprint density at radius 1 is 1.25 bits per heavy atom. The van der Waals surface area contributed by atoms with Gasteiger partial charge in [-0.15, -0.1) is 0 Å². The van der Waals surface area contributed by atoms with Crippen LogP contribution in [0.3, 0.4) is 0 Å².